The highest BCUT2D eigenvalue weighted by atomic mass is 16.5. The highest BCUT2D eigenvalue weighted by molar-refractivity contribution is 5.97. The Hall–Kier alpha value is -3.29. The summed E-state index contributed by atoms with van der Waals surface area (Å²) in [7, 11) is 0. The van der Waals surface area contributed by atoms with Crippen molar-refractivity contribution < 1.29 is 19.1 Å². The van der Waals surface area contributed by atoms with E-state index in [1.54, 1.807) is 31.2 Å². The van der Waals surface area contributed by atoms with Crippen LogP contribution in [0.5, 0.6) is 0 Å². The van der Waals surface area contributed by atoms with Crippen molar-refractivity contribution in [2.75, 3.05) is 10.6 Å². The molecule has 2 amide bonds. The van der Waals surface area contributed by atoms with Crippen LogP contribution in [0.15, 0.2) is 36.7 Å². The maximum atomic E-state index is 12.1. The van der Waals surface area contributed by atoms with E-state index in [2.05, 4.69) is 20.6 Å². The number of ether oxygens (including phenoxy) is 1. The van der Waals surface area contributed by atoms with Gasteiger partial charge in [0.25, 0.3) is 5.91 Å². The largest absolute Gasteiger partial charge is 0.448 e. The zero-order valence-corrected chi connectivity index (χ0v) is 14.1. The normalized spacial score (nSPS) is 11.3. The van der Waals surface area contributed by atoms with E-state index in [9.17, 15) is 14.4 Å². The number of hydrogen-bond donors (Lipinski definition) is 2. The van der Waals surface area contributed by atoms with Gasteiger partial charge in [0.05, 0.1) is 11.9 Å². The number of anilines is 2. The number of benzene rings is 1. The van der Waals surface area contributed by atoms with E-state index >= 15 is 0 Å². The van der Waals surface area contributed by atoms with Gasteiger partial charge in [0.15, 0.2) is 11.8 Å². The summed E-state index contributed by atoms with van der Waals surface area (Å²) in [5.74, 6) is -1.40. The number of amides is 2. The standard InChI is InChI=1S/C17H18N4O4/c1-10-8-19-15(9-18-10)17(24)25-11(2)16(23)21-14-6-4-13(5-7-14)20-12(3)22/h4-9,11H,1-3H3,(H,20,22)(H,21,23)/t11-/m0/s1. The maximum Gasteiger partial charge on any atom is 0.359 e. The van der Waals surface area contributed by atoms with E-state index in [0.29, 0.717) is 17.1 Å². The number of rotatable bonds is 5. The number of aryl methyl sites for hydroxylation is 1. The van der Waals surface area contributed by atoms with Crippen molar-refractivity contribution in [3.63, 3.8) is 0 Å². The number of nitrogens with zero attached hydrogens (tertiary/aromatic N) is 2. The fourth-order valence-electron chi connectivity index (χ4n) is 1.86. The quantitative estimate of drug-likeness (QED) is 0.803. The van der Waals surface area contributed by atoms with Gasteiger partial charge in [0.1, 0.15) is 0 Å². The molecular weight excluding hydrogens is 324 g/mol. The summed E-state index contributed by atoms with van der Waals surface area (Å²) in [6, 6.07) is 6.55. The molecule has 0 aliphatic rings. The van der Waals surface area contributed by atoms with Crippen LogP contribution < -0.4 is 10.6 Å². The van der Waals surface area contributed by atoms with Crippen LogP contribution in [0, 0.1) is 6.92 Å². The highest BCUT2D eigenvalue weighted by Gasteiger charge is 2.20. The van der Waals surface area contributed by atoms with Crippen molar-refractivity contribution in [3.05, 3.63) is 48.0 Å². The summed E-state index contributed by atoms with van der Waals surface area (Å²) >= 11 is 0. The zero-order valence-electron chi connectivity index (χ0n) is 14.1. The van der Waals surface area contributed by atoms with Crippen molar-refractivity contribution in [2.45, 2.75) is 26.9 Å². The molecule has 0 spiro atoms. The van der Waals surface area contributed by atoms with Crippen molar-refractivity contribution in [1.29, 1.82) is 0 Å². The van der Waals surface area contributed by atoms with Gasteiger partial charge in [-0.1, -0.05) is 0 Å². The first-order chi connectivity index (χ1) is 11.8. The average molecular weight is 342 g/mol. The SMILES string of the molecule is CC(=O)Nc1ccc(NC(=O)[C@H](C)OC(=O)c2cnc(C)cn2)cc1. The molecule has 0 unspecified atom stereocenters. The Morgan fingerprint density at radius 2 is 1.60 bits per heavy atom. The second-order valence-electron chi connectivity index (χ2n) is 5.34. The van der Waals surface area contributed by atoms with Crippen LogP contribution in [-0.4, -0.2) is 33.9 Å². The smallest absolute Gasteiger partial charge is 0.359 e. The van der Waals surface area contributed by atoms with Gasteiger partial charge in [-0.25, -0.2) is 9.78 Å². The molecule has 8 nitrogen and oxygen atoms in total. The topological polar surface area (TPSA) is 110 Å². The molecule has 1 heterocycles. The summed E-state index contributed by atoms with van der Waals surface area (Å²) in [6.45, 7) is 4.61. The van der Waals surface area contributed by atoms with Gasteiger partial charge in [-0.15, -0.1) is 0 Å². The predicted molar refractivity (Wildman–Crippen MR) is 91.0 cm³/mol. The van der Waals surface area contributed by atoms with Crippen molar-refractivity contribution in [1.82, 2.24) is 9.97 Å². The van der Waals surface area contributed by atoms with Crippen LogP contribution in [0.4, 0.5) is 11.4 Å². The number of nitrogens with one attached hydrogen (secondary N) is 2. The molecule has 1 aromatic heterocycles. The predicted octanol–water partition coefficient (Wildman–Crippen LogP) is 1.93. The average Bonchev–Trinajstić information content (AvgIpc) is 2.56. The van der Waals surface area contributed by atoms with E-state index in [-0.39, 0.29) is 11.6 Å². The summed E-state index contributed by atoms with van der Waals surface area (Å²) in [6.07, 6.45) is 1.73. The third-order valence-corrected chi connectivity index (χ3v) is 3.12. The van der Waals surface area contributed by atoms with E-state index < -0.39 is 18.0 Å². The number of hydrogen-bond acceptors (Lipinski definition) is 6. The lowest BCUT2D eigenvalue weighted by atomic mass is 10.2. The third-order valence-electron chi connectivity index (χ3n) is 3.12. The monoisotopic (exact) mass is 342 g/mol. The molecule has 0 saturated carbocycles. The van der Waals surface area contributed by atoms with Gasteiger partial charge in [-0.2, -0.15) is 0 Å². The van der Waals surface area contributed by atoms with Crippen LogP contribution in [0.3, 0.4) is 0 Å². The molecule has 25 heavy (non-hydrogen) atoms. The minimum atomic E-state index is -1.01. The Morgan fingerprint density at radius 1 is 1.00 bits per heavy atom. The summed E-state index contributed by atoms with van der Waals surface area (Å²) in [5, 5.41) is 5.25. The fraction of sp³-hybridized carbons (Fsp3) is 0.235. The second-order valence-corrected chi connectivity index (χ2v) is 5.34. The number of aromatic nitrogens is 2. The molecule has 0 fully saturated rings. The Labute approximate surface area is 144 Å². The van der Waals surface area contributed by atoms with Gasteiger partial charge in [-0.3, -0.25) is 14.6 Å². The van der Waals surface area contributed by atoms with Crippen molar-refractivity contribution in [2.24, 2.45) is 0 Å². The van der Waals surface area contributed by atoms with Crippen LogP contribution in [0.25, 0.3) is 0 Å². The van der Waals surface area contributed by atoms with Crippen LogP contribution >= 0.6 is 0 Å². The molecule has 2 N–H and O–H groups in total. The lowest BCUT2D eigenvalue weighted by Crippen LogP contribution is -2.30. The Morgan fingerprint density at radius 3 is 2.12 bits per heavy atom. The first-order valence-corrected chi connectivity index (χ1v) is 7.53. The molecule has 1 aromatic carbocycles. The number of esters is 1. The van der Waals surface area contributed by atoms with E-state index in [0.717, 1.165) is 0 Å². The molecule has 1 atom stereocenters. The molecule has 130 valence electrons. The maximum absolute atomic E-state index is 12.1. The zero-order chi connectivity index (χ0) is 18.4. The molecule has 0 aliphatic heterocycles. The summed E-state index contributed by atoms with van der Waals surface area (Å²) < 4.78 is 5.08. The van der Waals surface area contributed by atoms with Gasteiger partial charge in [0, 0.05) is 24.5 Å². The Kier molecular flexibility index (Phi) is 5.78. The van der Waals surface area contributed by atoms with Crippen LogP contribution in [-0.2, 0) is 14.3 Å². The fourth-order valence-corrected chi connectivity index (χ4v) is 1.86. The van der Waals surface area contributed by atoms with Crippen molar-refractivity contribution >= 4 is 29.2 Å². The molecule has 2 aromatic rings. The molecule has 0 bridgehead atoms. The second kappa shape index (κ2) is 8.00. The van der Waals surface area contributed by atoms with Gasteiger partial charge in [-0.05, 0) is 38.1 Å². The van der Waals surface area contributed by atoms with Gasteiger partial charge in [0.2, 0.25) is 5.91 Å². The van der Waals surface area contributed by atoms with Crippen molar-refractivity contribution in [3.8, 4) is 0 Å². The van der Waals surface area contributed by atoms with E-state index in [1.807, 2.05) is 0 Å². The first-order valence-electron chi connectivity index (χ1n) is 7.53. The lowest BCUT2D eigenvalue weighted by molar-refractivity contribution is -0.123. The molecular formula is C17H18N4O4. The Balaban J connectivity index is 1.92. The molecule has 0 saturated heterocycles. The van der Waals surface area contributed by atoms with Crippen LogP contribution in [0.2, 0.25) is 0 Å². The number of carbonyl (C=O) groups is 3. The summed E-state index contributed by atoms with van der Waals surface area (Å²) in [5.41, 5.74) is 1.83. The summed E-state index contributed by atoms with van der Waals surface area (Å²) in [4.78, 5) is 42.9. The first kappa shape index (κ1) is 18.1. The van der Waals surface area contributed by atoms with E-state index in [1.165, 1.54) is 26.2 Å². The minimum Gasteiger partial charge on any atom is -0.448 e. The van der Waals surface area contributed by atoms with Gasteiger partial charge < -0.3 is 15.4 Å². The molecule has 8 heteroatoms. The van der Waals surface area contributed by atoms with Gasteiger partial charge >= 0.3 is 5.97 Å². The van der Waals surface area contributed by atoms with Crippen LogP contribution in [0.1, 0.15) is 30.0 Å². The molecule has 0 aliphatic carbocycles. The van der Waals surface area contributed by atoms with E-state index in [4.69, 9.17) is 4.74 Å². The lowest BCUT2D eigenvalue weighted by Gasteiger charge is -2.13. The highest BCUT2D eigenvalue weighted by Crippen LogP contribution is 2.14. The number of carbonyl (C=O) groups excluding carboxylic acids is 3. The molecule has 0 radical (unpaired) electrons. The molecule has 2 rings (SSSR count). The third kappa shape index (κ3) is 5.38. The Bertz CT molecular complexity index is 772. The minimum absolute atomic E-state index is 0.0323.